The Balaban J connectivity index is 2.76. The topological polar surface area (TPSA) is 51.2 Å². The normalized spacial score (nSPS) is 13.9. The monoisotopic (exact) mass is 284 g/mol. The van der Waals surface area contributed by atoms with Crippen molar-refractivity contribution >= 4 is 22.5 Å². The van der Waals surface area contributed by atoms with E-state index in [9.17, 15) is 4.79 Å². The average Bonchev–Trinajstić information content (AvgIpc) is 2.70. The summed E-state index contributed by atoms with van der Waals surface area (Å²) in [6.45, 7) is 10.6. The van der Waals surface area contributed by atoms with Gasteiger partial charge in [-0.3, -0.25) is 0 Å². The fourth-order valence-corrected chi connectivity index (χ4v) is 2.86. The van der Waals surface area contributed by atoms with Gasteiger partial charge in [-0.25, -0.2) is 4.79 Å². The summed E-state index contributed by atoms with van der Waals surface area (Å²) in [5.74, 6) is 0.384. The molecule has 108 valence electrons. The molecule has 1 heterocycles. The highest BCUT2D eigenvalue weighted by Gasteiger charge is 2.21. The Labute approximate surface area is 119 Å². The number of aryl methyl sites for hydroxylation is 1. The van der Waals surface area contributed by atoms with Gasteiger partial charge in [0.15, 0.2) is 0 Å². The Hall–Kier alpha value is -1.10. The molecule has 2 unspecified atom stereocenters. The number of carbonyl (C=O) groups is 1. The number of nitrogens with zero attached hydrogens (tertiary/aromatic N) is 1. The predicted octanol–water partition coefficient (Wildman–Crippen LogP) is 3.86. The van der Waals surface area contributed by atoms with Crippen LogP contribution in [0.2, 0.25) is 0 Å². The first-order valence-electron chi connectivity index (χ1n) is 6.89. The van der Waals surface area contributed by atoms with Crippen molar-refractivity contribution in [2.24, 2.45) is 5.92 Å². The number of hydrogen-bond acceptors (Lipinski definition) is 5. The predicted molar refractivity (Wildman–Crippen MR) is 80.0 cm³/mol. The number of hydrogen-bond donors (Lipinski definition) is 1. The van der Waals surface area contributed by atoms with Crippen LogP contribution in [0.1, 0.15) is 56.6 Å². The fraction of sp³-hybridized carbons (Fsp3) is 0.714. The third-order valence-corrected chi connectivity index (χ3v) is 4.04. The van der Waals surface area contributed by atoms with Gasteiger partial charge in [0.05, 0.1) is 12.3 Å². The van der Waals surface area contributed by atoms with Gasteiger partial charge in [0.1, 0.15) is 10.6 Å². The average molecular weight is 284 g/mol. The summed E-state index contributed by atoms with van der Waals surface area (Å²) >= 11 is 1.33. The van der Waals surface area contributed by atoms with E-state index >= 15 is 0 Å². The van der Waals surface area contributed by atoms with Gasteiger partial charge in [0, 0.05) is 6.04 Å². The van der Waals surface area contributed by atoms with E-state index in [2.05, 4.69) is 30.5 Å². The van der Waals surface area contributed by atoms with Crippen LogP contribution in [0.4, 0.5) is 5.00 Å². The molecule has 5 heteroatoms. The first kappa shape index (κ1) is 16.0. The molecule has 1 rings (SSSR count). The van der Waals surface area contributed by atoms with E-state index in [1.807, 2.05) is 13.8 Å². The minimum absolute atomic E-state index is 0.285. The van der Waals surface area contributed by atoms with Crippen molar-refractivity contribution in [3.63, 3.8) is 0 Å². The van der Waals surface area contributed by atoms with E-state index in [1.165, 1.54) is 18.0 Å². The third kappa shape index (κ3) is 4.49. The highest BCUT2D eigenvalue weighted by molar-refractivity contribution is 7.10. The standard InChI is InChI=1S/C14H24N2O2S/c1-6-9(3)8-10(4)15-13-12(11(5)16-19-13)14(17)18-7-2/h9-10,15H,6-8H2,1-5H3. The second kappa shape index (κ2) is 7.48. The lowest BCUT2D eigenvalue weighted by Crippen LogP contribution is -2.19. The quantitative estimate of drug-likeness (QED) is 0.772. The Kier molecular flexibility index (Phi) is 6.28. The van der Waals surface area contributed by atoms with Gasteiger partial charge >= 0.3 is 5.97 Å². The number of aromatic nitrogens is 1. The van der Waals surface area contributed by atoms with Gasteiger partial charge in [-0.05, 0) is 44.6 Å². The Morgan fingerprint density at radius 3 is 2.68 bits per heavy atom. The summed E-state index contributed by atoms with van der Waals surface area (Å²) in [6, 6.07) is 0.322. The van der Waals surface area contributed by atoms with E-state index in [1.54, 1.807) is 0 Å². The van der Waals surface area contributed by atoms with E-state index in [-0.39, 0.29) is 5.97 Å². The van der Waals surface area contributed by atoms with Gasteiger partial charge < -0.3 is 10.1 Å². The third-order valence-electron chi connectivity index (χ3n) is 3.17. The smallest absolute Gasteiger partial charge is 0.343 e. The van der Waals surface area contributed by atoms with E-state index < -0.39 is 0 Å². The molecular formula is C14H24N2O2S. The summed E-state index contributed by atoms with van der Waals surface area (Å²) < 4.78 is 9.33. The molecule has 0 fully saturated rings. The van der Waals surface area contributed by atoms with E-state index in [0.717, 1.165) is 17.1 Å². The van der Waals surface area contributed by atoms with Crippen molar-refractivity contribution in [1.29, 1.82) is 0 Å². The first-order chi connectivity index (χ1) is 8.99. The first-order valence-corrected chi connectivity index (χ1v) is 7.66. The highest BCUT2D eigenvalue weighted by atomic mass is 32.1. The zero-order valence-corrected chi connectivity index (χ0v) is 13.3. The lowest BCUT2D eigenvalue weighted by atomic mass is 10.0. The summed E-state index contributed by atoms with van der Waals surface area (Å²) in [4.78, 5) is 11.9. The Bertz CT molecular complexity index is 418. The molecular weight excluding hydrogens is 260 g/mol. The number of nitrogens with one attached hydrogen (secondary N) is 1. The van der Waals surface area contributed by atoms with Gasteiger partial charge in [-0.2, -0.15) is 4.37 Å². The molecule has 0 aliphatic heterocycles. The van der Waals surface area contributed by atoms with Crippen LogP contribution in [0.3, 0.4) is 0 Å². The molecule has 4 nitrogen and oxygen atoms in total. The van der Waals surface area contributed by atoms with Crippen LogP contribution < -0.4 is 5.32 Å². The van der Waals surface area contributed by atoms with Crippen LogP contribution in [0.25, 0.3) is 0 Å². The number of anilines is 1. The number of rotatable bonds is 7. The summed E-state index contributed by atoms with van der Waals surface area (Å²) in [6.07, 6.45) is 2.24. The minimum Gasteiger partial charge on any atom is -0.462 e. The van der Waals surface area contributed by atoms with Crippen LogP contribution >= 0.6 is 11.5 Å². The minimum atomic E-state index is -0.285. The van der Waals surface area contributed by atoms with Crippen molar-refractivity contribution in [2.45, 2.75) is 53.5 Å². The molecule has 1 aromatic rings. The molecule has 19 heavy (non-hydrogen) atoms. The molecule has 0 saturated heterocycles. The van der Waals surface area contributed by atoms with Crippen LogP contribution in [-0.4, -0.2) is 23.0 Å². The van der Waals surface area contributed by atoms with Gasteiger partial charge in [0.2, 0.25) is 0 Å². The molecule has 1 aromatic heterocycles. The number of ether oxygens (including phenoxy) is 1. The maximum atomic E-state index is 11.9. The molecule has 2 atom stereocenters. The Morgan fingerprint density at radius 2 is 2.11 bits per heavy atom. The van der Waals surface area contributed by atoms with Crippen molar-refractivity contribution in [3.8, 4) is 0 Å². The molecule has 0 amide bonds. The van der Waals surface area contributed by atoms with Crippen molar-refractivity contribution in [1.82, 2.24) is 4.37 Å². The fourth-order valence-electron chi connectivity index (χ4n) is 1.96. The van der Waals surface area contributed by atoms with Crippen molar-refractivity contribution in [2.75, 3.05) is 11.9 Å². The Morgan fingerprint density at radius 1 is 1.42 bits per heavy atom. The molecule has 0 saturated carbocycles. The lowest BCUT2D eigenvalue weighted by molar-refractivity contribution is 0.0527. The van der Waals surface area contributed by atoms with Crippen LogP contribution in [0.5, 0.6) is 0 Å². The molecule has 0 spiro atoms. The summed E-state index contributed by atoms with van der Waals surface area (Å²) in [7, 11) is 0. The van der Waals surface area contributed by atoms with Crippen LogP contribution in [0, 0.1) is 12.8 Å². The molecule has 0 aliphatic carbocycles. The molecule has 1 N–H and O–H groups in total. The SMILES string of the molecule is CCOC(=O)c1c(C)nsc1NC(C)CC(C)CC. The van der Waals surface area contributed by atoms with Crippen LogP contribution in [0.15, 0.2) is 0 Å². The van der Waals surface area contributed by atoms with Crippen molar-refractivity contribution in [3.05, 3.63) is 11.3 Å². The molecule has 0 radical (unpaired) electrons. The van der Waals surface area contributed by atoms with E-state index in [0.29, 0.717) is 24.1 Å². The van der Waals surface area contributed by atoms with Crippen LogP contribution in [-0.2, 0) is 4.74 Å². The van der Waals surface area contributed by atoms with Crippen molar-refractivity contribution < 1.29 is 9.53 Å². The summed E-state index contributed by atoms with van der Waals surface area (Å²) in [5.41, 5.74) is 1.32. The maximum absolute atomic E-state index is 11.9. The maximum Gasteiger partial charge on any atom is 0.343 e. The number of carbonyl (C=O) groups excluding carboxylic acids is 1. The van der Waals surface area contributed by atoms with Gasteiger partial charge in [-0.1, -0.05) is 20.3 Å². The molecule has 0 aromatic carbocycles. The highest BCUT2D eigenvalue weighted by Crippen LogP contribution is 2.27. The van der Waals surface area contributed by atoms with E-state index in [4.69, 9.17) is 4.74 Å². The molecule has 0 bridgehead atoms. The van der Waals surface area contributed by atoms with Gasteiger partial charge in [-0.15, -0.1) is 0 Å². The number of esters is 1. The zero-order chi connectivity index (χ0) is 14.4. The lowest BCUT2D eigenvalue weighted by Gasteiger charge is -2.18. The molecule has 0 aliphatic rings. The second-order valence-electron chi connectivity index (χ2n) is 4.99. The van der Waals surface area contributed by atoms with Gasteiger partial charge in [0.25, 0.3) is 0 Å². The largest absolute Gasteiger partial charge is 0.462 e. The zero-order valence-electron chi connectivity index (χ0n) is 12.4. The second-order valence-corrected chi connectivity index (χ2v) is 5.76. The summed E-state index contributed by atoms with van der Waals surface area (Å²) in [5, 5.41) is 4.22.